The Balaban J connectivity index is 1.70. The Bertz CT molecular complexity index is 992. The van der Waals surface area contributed by atoms with E-state index in [0.717, 1.165) is 23.7 Å². The SMILES string of the molecule is CCN(CC)C(=O)CC1c2nc(NCc3ccccc3)sc2CC2C(C)(CO)C(O)CCC12C. The third-order valence-electron chi connectivity index (χ3n) is 8.68. The zero-order chi connectivity index (χ0) is 24.5. The van der Waals surface area contributed by atoms with E-state index < -0.39 is 11.5 Å². The molecule has 0 spiro atoms. The van der Waals surface area contributed by atoms with Crippen LogP contribution < -0.4 is 5.32 Å². The zero-order valence-electron chi connectivity index (χ0n) is 20.9. The molecule has 2 aromatic rings. The molecule has 4 rings (SSSR count). The van der Waals surface area contributed by atoms with E-state index >= 15 is 0 Å². The van der Waals surface area contributed by atoms with Gasteiger partial charge in [-0.15, -0.1) is 11.3 Å². The smallest absolute Gasteiger partial charge is 0.223 e. The fraction of sp³-hybridized carbons (Fsp3) is 0.630. The number of aliphatic hydroxyl groups excluding tert-OH is 2. The molecule has 5 unspecified atom stereocenters. The van der Waals surface area contributed by atoms with Crippen molar-refractivity contribution in [3.05, 3.63) is 46.5 Å². The average molecular weight is 486 g/mol. The van der Waals surface area contributed by atoms with E-state index in [1.807, 2.05) is 43.9 Å². The molecule has 34 heavy (non-hydrogen) atoms. The monoisotopic (exact) mass is 485 g/mol. The Hall–Kier alpha value is -1.96. The molecule has 0 aliphatic heterocycles. The highest BCUT2D eigenvalue weighted by Crippen LogP contribution is 2.62. The number of thiazole rings is 1. The molecule has 1 saturated carbocycles. The Morgan fingerprint density at radius 3 is 2.59 bits per heavy atom. The zero-order valence-corrected chi connectivity index (χ0v) is 21.7. The van der Waals surface area contributed by atoms with Crippen LogP contribution in [0.25, 0.3) is 0 Å². The molecule has 0 saturated heterocycles. The van der Waals surface area contributed by atoms with Gasteiger partial charge in [0.1, 0.15) is 0 Å². The van der Waals surface area contributed by atoms with Crippen molar-refractivity contribution >= 4 is 22.4 Å². The lowest BCUT2D eigenvalue weighted by atomic mass is 9.47. The van der Waals surface area contributed by atoms with Gasteiger partial charge in [-0.3, -0.25) is 4.79 Å². The van der Waals surface area contributed by atoms with E-state index in [4.69, 9.17) is 4.98 Å². The first-order chi connectivity index (χ1) is 16.3. The van der Waals surface area contributed by atoms with Crippen LogP contribution in [0.2, 0.25) is 0 Å². The highest BCUT2D eigenvalue weighted by molar-refractivity contribution is 7.15. The van der Waals surface area contributed by atoms with Gasteiger partial charge in [0.2, 0.25) is 5.91 Å². The number of hydrogen-bond acceptors (Lipinski definition) is 6. The van der Waals surface area contributed by atoms with Crippen LogP contribution in [-0.4, -0.2) is 51.8 Å². The van der Waals surface area contributed by atoms with Crippen molar-refractivity contribution in [2.24, 2.45) is 16.7 Å². The summed E-state index contributed by atoms with van der Waals surface area (Å²) in [5, 5.41) is 25.7. The van der Waals surface area contributed by atoms with Gasteiger partial charge in [0.05, 0.1) is 18.4 Å². The predicted octanol–water partition coefficient (Wildman–Crippen LogP) is 4.43. The van der Waals surface area contributed by atoms with Gasteiger partial charge < -0.3 is 20.4 Å². The third kappa shape index (κ3) is 4.38. The van der Waals surface area contributed by atoms with Gasteiger partial charge in [0.25, 0.3) is 0 Å². The van der Waals surface area contributed by atoms with Gasteiger partial charge in [-0.1, -0.05) is 44.2 Å². The molecule has 186 valence electrons. The number of nitrogens with one attached hydrogen (secondary N) is 1. The molecular formula is C27H39N3O3S. The lowest BCUT2D eigenvalue weighted by molar-refractivity contribution is -0.147. The van der Waals surface area contributed by atoms with Gasteiger partial charge in [0, 0.05) is 42.3 Å². The van der Waals surface area contributed by atoms with Gasteiger partial charge in [0.15, 0.2) is 5.13 Å². The van der Waals surface area contributed by atoms with Crippen LogP contribution >= 0.6 is 11.3 Å². The molecule has 0 bridgehead atoms. The normalized spacial score (nSPS) is 30.4. The fourth-order valence-corrected chi connectivity index (χ4v) is 7.44. The number of benzene rings is 1. The molecule has 5 atom stereocenters. The quantitative estimate of drug-likeness (QED) is 0.515. The minimum Gasteiger partial charge on any atom is -0.396 e. The van der Waals surface area contributed by atoms with E-state index in [1.165, 1.54) is 10.4 Å². The maximum atomic E-state index is 13.3. The number of aliphatic hydroxyl groups is 2. The lowest BCUT2D eigenvalue weighted by Gasteiger charge is -2.58. The first-order valence-corrected chi connectivity index (χ1v) is 13.4. The number of rotatable bonds is 8. The first kappa shape index (κ1) is 25.1. The van der Waals surface area contributed by atoms with Gasteiger partial charge >= 0.3 is 0 Å². The molecule has 2 aliphatic carbocycles. The van der Waals surface area contributed by atoms with Crippen molar-refractivity contribution in [1.29, 1.82) is 0 Å². The Kier molecular flexibility index (Phi) is 7.36. The minimum atomic E-state index is -0.594. The number of amides is 1. The summed E-state index contributed by atoms with van der Waals surface area (Å²) in [6.07, 6.45) is 2.12. The summed E-state index contributed by atoms with van der Waals surface area (Å²) in [5.74, 6) is 0.209. The third-order valence-corrected chi connectivity index (χ3v) is 9.73. The van der Waals surface area contributed by atoms with Crippen molar-refractivity contribution in [2.45, 2.75) is 71.9 Å². The highest BCUT2D eigenvalue weighted by Gasteiger charge is 2.59. The number of carbonyl (C=O) groups is 1. The maximum Gasteiger partial charge on any atom is 0.223 e. The van der Waals surface area contributed by atoms with E-state index in [0.29, 0.717) is 32.5 Å². The van der Waals surface area contributed by atoms with E-state index in [2.05, 4.69) is 24.4 Å². The second-order valence-electron chi connectivity index (χ2n) is 10.5. The molecule has 1 heterocycles. The van der Waals surface area contributed by atoms with Crippen molar-refractivity contribution in [3.8, 4) is 0 Å². The first-order valence-electron chi connectivity index (χ1n) is 12.6. The molecule has 2 aliphatic rings. The highest BCUT2D eigenvalue weighted by atomic mass is 32.1. The number of hydrogen-bond donors (Lipinski definition) is 3. The average Bonchev–Trinajstić information content (AvgIpc) is 3.26. The molecule has 1 amide bonds. The van der Waals surface area contributed by atoms with Crippen LogP contribution in [-0.2, 0) is 17.8 Å². The maximum absolute atomic E-state index is 13.3. The van der Waals surface area contributed by atoms with Crippen LogP contribution in [0, 0.1) is 16.7 Å². The number of anilines is 1. The minimum absolute atomic E-state index is 0.0312. The fourth-order valence-electron chi connectivity index (χ4n) is 6.37. The largest absolute Gasteiger partial charge is 0.396 e. The molecule has 6 nitrogen and oxygen atoms in total. The Labute approximate surface area is 207 Å². The summed E-state index contributed by atoms with van der Waals surface area (Å²) in [4.78, 5) is 21.4. The van der Waals surface area contributed by atoms with E-state index in [9.17, 15) is 15.0 Å². The molecule has 3 N–H and O–H groups in total. The molecular weight excluding hydrogens is 446 g/mol. The Morgan fingerprint density at radius 1 is 1.24 bits per heavy atom. The van der Waals surface area contributed by atoms with Crippen LogP contribution in [0.4, 0.5) is 5.13 Å². The van der Waals surface area contributed by atoms with Crippen LogP contribution in [0.15, 0.2) is 30.3 Å². The van der Waals surface area contributed by atoms with E-state index in [1.54, 1.807) is 11.3 Å². The predicted molar refractivity (Wildman–Crippen MR) is 137 cm³/mol. The second kappa shape index (κ2) is 9.96. The summed E-state index contributed by atoms with van der Waals surface area (Å²) < 4.78 is 0. The van der Waals surface area contributed by atoms with Crippen LogP contribution in [0.3, 0.4) is 0 Å². The van der Waals surface area contributed by atoms with E-state index in [-0.39, 0.29) is 29.8 Å². The van der Waals surface area contributed by atoms with Gasteiger partial charge in [-0.05, 0) is 50.0 Å². The van der Waals surface area contributed by atoms with Gasteiger partial charge in [-0.25, -0.2) is 4.98 Å². The molecule has 0 radical (unpaired) electrons. The molecule has 1 aromatic heterocycles. The number of carbonyl (C=O) groups excluding carboxylic acids is 1. The van der Waals surface area contributed by atoms with Gasteiger partial charge in [-0.2, -0.15) is 0 Å². The summed E-state index contributed by atoms with van der Waals surface area (Å²) in [5.41, 5.74) is 1.43. The Morgan fingerprint density at radius 2 is 1.94 bits per heavy atom. The summed E-state index contributed by atoms with van der Waals surface area (Å²) in [6.45, 7) is 10.4. The molecule has 7 heteroatoms. The van der Waals surface area contributed by atoms with Crippen LogP contribution in [0.5, 0.6) is 0 Å². The molecule has 1 fully saturated rings. The van der Waals surface area contributed by atoms with Crippen molar-refractivity contribution in [1.82, 2.24) is 9.88 Å². The summed E-state index contributed by atoms with van der Waals surface area (Å²) in [6, 6.07) is 10.3. The summed E-state index contributed by atoms with van der Waals surface area (Å²) in [7, 11) is 0. The molecule has 1 aromatic carbocycles. The topological polar surface area (TPSA) is 85.7 Å². The number of aromatic nitrogens is 1. The number of nitrogens with zero attached hydrogens (tertiary/aromatic N) is 2. The van der Waals surface area contributed by atoms with Crippen molar-refractivity contribution < 1.29 is 15.0 Å². The van der Waals surface area contributed by atoms with Crippen molar-refractivity contribution in [3.63, 3.8) is 0 Å². The van der Waals surface area contributed by atoms with Crippen molar-refractivity contribution in [2.75, 3.05) is 25.0 Å². The number of fused-ring (bicyclic) bond motifs is 2. The lowest BCUT2D eigenvalue weighted by Crippen LogP contribution is -2.57. The summed E-state index contributed by atoms with van der Waals surface area (Å²) >= 11 is 1.66. The standard InChI is InChI=1S/C27H39N3O3S/c1-5-30(6-2)23(33)14-19-24-20(34-25(29-24)28-16-18-10-8-7-9-11-18)15-21-26(19,3)13-12-22(32)27(21,4)17-31/h7-11,19,21-22,31-32H,5-6,12-17H2,1-4H3,(H,28,29). The second-order valence-corrected chi connectivity index (χ2v) is 11.6. The van der Waals surface area contributed by atoms with Crippen LogP contribution in [0.1, 0.15) is 69.0 Å².